The Balaban J connectivity index is 3.31. The minimum atomic E-state index is -5.02. The van der Waals surface area contributed by atoms with Gasteiger partial charge in [0.2, 0.25) is 5.88 Å². The lowest BCUT2D eigenvalue weighted by molar-refractivity contribution is -0.276. The molecule has 0 unspecified atom stereocenters. The van der Waals surface area contributed by atoms with Crippen LogP contribution in [-0.4, -0.2) is 11.3 Å². The molecule has 0 spiro atoms. The van der Waals surface area contributed by atoms with Gasteiger partial charge in [0.25, 0.3) is 6.43 Å². The molecule has 0 bridgehead atoms. The van der Waals surface area contributed by atoms with Crippen LogP contribution in [0.3, 0.4) is 0 Å². The number of ether oxygens (including phenoxy) is 1. The second-order valence-electron chi connectivity index (χ2n) is 3.31. The molecule has 1 aromatic rings. The normalized spacial score (nSPS) is 11.5. The van der Waals surface area contributed by atoms with Crippen molar-refractivity contribution >= 4 is 11.6 Å². The zero-order chi connectivity index (χ0) is 14.6. The predicted octanol–water partition coefficient (Wildman–Crippen LogP) is 3.72. The third kappa shape index (κ3) is 4.21. The zero-order valence-electron chi connectivity index (χ0n) is 9.14. The van der Waals surface area contributed by atoms with Crippen LogP contribution in [0.5, 0.6) is 5.88 Å². The summed E-state index contributed by atoms with van der Waals surface area (Å²) in [6.45, 7) is 0. The second-order valence-corrected chi connectivity index (χ2v) is 3.57. The second kappa shape index (κ2) is 6.02. The molecular weight excluding hydrogens is 295 g/mol. The molecule has 1 rings (SSSR count). The smallest absolute Gasteiger partial charge is 0.388 e. The summed E-state index contributed by atoms with van der Waals surface area (Å²) in [5.74, 6) is -1.40. The topological polar surface area (TPSA) is 45.9 Å². The number of aromatic nitrogens is 1. The SMILES string of the molecule is N#CCc1nc(OC(F)(F)F)c(CCl)cc1C(F)F. The highest BCUT2D eigenvalue weighted by molar-refractivity contribution is 6.17. The summed E-state index contributed by atoms with van der Waals surface area (Å²) in [4.78, 5) is 3.31. The van der Waals surface area contributed by atoms with Crippen LogP contribution >= 0.6 is 11.6 Å². The molecule has 9 heteroatoms. The summed E-state index contributed by atoms with van der Waals surface area (Å²) in [6.07, 6.45) is -8.56. The number of pyridine rings is 1. The minimum absolute atomic E-state index is 0.323. The molecule has 0 atom stereocenters. The summed E-state index contributed by atoms with van der Waals surface area (Å²) in [7, 11) is 0. The van der Waals surface area contributed by atoms with Gasteiger partial charge >= 0.3 is 6.36 Å². The fraction of sp³-hybridized carbons (Fsp3) is 0.400. The van der Waals surface area contributed by atoms with E-state index in [1.54, 1.807) is 6.07 Å². The first-order chi connectivity index (χ1) is 8.78. The molecule has 0 fully saturated rings. The number of alkyl halides is 6. The quantitative estimate of drug-likeness (QED) is 0.629. The Bertz CT molecular complexity index is 498. The van der Waals surface area contributed by atoms with E-state index in [2.05, 4.69) is 9.72 Å². The maximum absolute atomic E-state index is 12.7. The Morgan fingerprint density at radius 3 is 2.47 bits per heavy atom. The molecule has 0 amide bonds. The maximum Gasteiger partial charge on any atom is 0.574 e. The molecule has 3 nitrogen and oxygen atoms in total. The monoisotopic (exact) mass is 300 g/mol. The van der Waals surface area contributed by atoms with Gasteiger partial charge in [-0.15, -0.1) is 24.8 Å². The zero-order valence-corrected chi connectivity index (χ0v) is 9.90. The first-order valence-corrected chi connectivity index (χ1v) is 5.31. The van der Waals surface area contributed by atoms with E-state index >= 15 is 0 Å². The first kappa shape index (κ1) is 15.4. The van der Waals surface area contributed by atoms with E-state index in [1.807, 2.05) is 0 Å². The van der Waals surface area contributed by atoms with Crippen molar-refractivity contribution in [1.82, 2.24) is 4.98 Å². The largest absolute Gasteiger partial charge is 0.574 e. The average Bonchev–Trinajstić information content (AvgIpc) is 2.27. The van der Waals surface area contributed by atoms with Crippen molar-refractivity contribution < 1.29 is 26.7 Å². The fourth-order valence-corrected chi connectivity index (χ4v) is 1.48. The van der Waals surface area contributed by atoms with E-state index in [-0.39, 0.29) is 5.56 Å². The van der Waals surface area contributed by atoms with Crippen LogP contribution in [0, 0.1) is 11.3 Å². The van der Waals surface area contributed by atoms with Crippen LogP contribution in [0.2, 0.25) is 0 Å². The third-order valence-corrected chi connectivity index (χ3v) is 2.30. The number of hydrogen-bond donors (Lipinski definition) is 0. The van der Waals surface area contributed by atoms with Gasteiger partial charge in [-0.25, -0.2) is 13.8 Å². The molecule has 0 aromatic carbocycles. The van der Waals surface area contributed by atoms with Gasteiger partial charge in [-0.2, -0.15) is 5.26 Å². The minimum Gasteiger partial charge on any atom is -0.388 e. The number of hydrogen-bond acceptors (Lipinski definition) is 3. The Morgan fingerprint density at radius 2 is 2.05 bits per heavy atom. The highest BCUT2D eigenvalue weighted by atomic mass is 35.5. The van der Waals surface area contributed by atoms with E-state index < -0.39 is 42.2 Å². The number of halogens is 6. The van der Waals surface area contributed by atoms with Gasteiger partial charge in [-0.1, -0.05) is 0 Å². The lowest BCUT2D eigenvalue weighted by Gasteiger charge is -2.14. The van der Waals surface area contributed by atoms with E-state index in [1.165, 1.54) is 0 Å². The highest BCUT2D eigenvalue weighted by Gasteiger charge is 2.33. The average molecular weight is 301 g/mol. The van der Waals surface area contributed by atoms with Crippen LogP contribution in [0.4, 0.5) is 22.0 Å². The maximum atomic E-state index is 12.7. The van der Waals surface area contributed by atoms with E-state index in [4.69, 9.17) is 16.9 Å². The van der Waals surface area contributed by atoms with Gasteiger partial charge in [-0.05, 0) is 6.07 Å². The molecular formula is C10H6ClF5N2O. The molecule has 19 heavy (non-hydrogen) atoms. The summed E-state index contributed by atoms with van der Waals surface area (Å²) in [5, 5.41) is 8.45. The van der Waals surface area contributed by atoms with E-state index in [0.29, 0.717) is 0 Å². The van der Waals surface area contributed by atoms with Crippen LogP contribution in [0.1, 0.15) is 23.2 Å². The first-order valence-electron chi connectivity index (χ1n) is 4.78. The Hall–Kier alpha value is -1.62. The van der Waals surface area contributed by atoms with Crippen LogP contribution in [0.25, 0.3) is 0 Å². The molecule has 1 aromatic heterocycles. The molecule has 0 saturated carbocycles. The van der Waals surface area contributed by atoms with Crippen molar-refractivity contribution in [1.29, 1.82) is 5.26 Å². The Morgan fingerprint density at radius 1 is 1.42 bits per heavy atom. The van der Waals surface area contributed by atoms with E-state index in [9.17, 15) is 22.0 Å². The molecule has 104 valence electrons. The van der Waals surface area contributed by atoms with Crippen molar-refractivity contribution in [3.8, 4) is 11.9 Å². The van der Waals surface area contributed by atoms with Gasteiger partial charge in [0.05, 0.1) is 24.1 Å². The number of nitrogens with zero attached hydrogens (tertiary/aromatic N) is 2. The predicted molar refractivity (Wildman–Crippen MR) is 54.8 cm³/mol. The van der Waals surface area contributed by atoms with Gasteiger partial charge in [0.15, 0.2) is 0 Å². The molecule has 0 radical (unpaired) electrons. The summed E-state index contributed by atoms with van der Waals surface area (Å²) >= 11 is 5.37. The van der Waals surface area contributed by atoms with Crippen LogP contribution in [0.15, 0.2) is 6.07 Å². The molecule has 0 aliphatic carbocycles. The lowest BCUT2D eigenvalue weighted by atomic mass is 10.1. The van der Waals surface area contributed by atoms with Gasteiger partial charge in [0.1, 0.15) is 0 Å². The number of rotatable bonds is 4. The lowest BCUT2D eigenvalue weighted by Crippen LogP contribution is -2.19. The van der Waals surface area contributed by atoms with Crippen LogP contribution < -0.4 is 4.74 Å². The molecule has 0 aliphatic heterocycles. The van der Waals surface area contributed by atoms with Crippen molar-refractivity contribution in [2.45, 2.75) is 25.1 Å². The highest BCUT2D eigenvalue weighted by Crippen LogP contribution is 2.31. The summed E-state index contributed by atoms with van der Waals surface area (Å²) in [6, 6.07) is 2.30. The number of nitriles is 1. The molecule has 1 heterocycles. The molecule has 0 aliphatic rings. The standard InChI is InChI=1S/C10H6ClF5N2O/c11-4-5-3-6(8(12)13)7(1-2-17)18-9(5)19-10(14,15)16/h3,8H,1,4H2. The van der Waals surface area contributed by atoms with Gasteiger partial charge < -0.3 is 4.74 Å². The van der Waals surface area contributed by atoms with Gasteiger partial charge in [0, 0.05) is 11.1 Å². The summed E-state index contributed by atoms with van der Waals surface area (Å²) < 4.78 is 65.3. The van der Waals surface area contributed by atoms with Crippen molar-refractivity contribution in [2.75, 3.05) is 0 Å². The van der Waals surface area contributed by atoms with Crippen molar-refractivity contribution in [3.63, 3.8) is 0 Å². The van der Waals surface area contributed by atoms with Gasteiger partial charge in [-0.3, -0.25) is 0 Å². The van der Waals surface area contributed by atoms with Crippen LogP contribution in [-0.2, 0) is 12.3 Å². The van der Waals surface area contributed by atoms with Crippen molar-refractivity contribution in [2.24, 2.45) is 0 Å². The third-order valence-electron chi connectivity index (χ3n) is 2.01. The molecule has 0 saturated heterocycles. The van der Waals surface area contributed by atoms with Crippen molar-refractivity contribution in [3.05, 3.63) is 22.9 Å². The van der Waals surface area contributed by atoms with E-state index in [0.717, 1.165) is 6.07 Å². The fourth-order valence-electron chi connectivity index (χ4n) is 1.29. The summed E-state index contributed by atoms with van der Waals surface area (Å²) in [5.41, 5.74) is -1.42. The Kier molecular flexibility index (Phi) is 4.89. The molecule has 0 N–H and O–H groups in total. The Labute approximate surface area is 109 Å².